The first kappa shape index (κ1) is 17.4. The van der Waals surface area contributed by atoms with Crippen molar-refractivity contribution in [3.63, 3.8) is 0 Å². The quantitative estimate of drug-likeness (QED) is 0.635. The van der Waals surface area contributed by atoms with Gasteiger partial charge in [-0.3, -0.25) is 10.1 Å². The van der Waals surface area contributed by atoms with Crippen molar-refractivity contribution in [3.8, 4) is 22.8 Å². The molecule has 7 heteroatoms. The van der Waals surface area contributed by atoms with Gasteiger partial charge in [0.05, 0.1) is 12.8 Å². The smallest absolute Gasteiger partial charge is 0.264 e. The highest BCUT2D eigenvalue weighted by molar-refractivity contribution is 9.10. The third kappa shape index (κ3) is 4.80. The van der Waals surface area contributed by atoms with E-state index in [2.05, 4.69) is 26.2 Å². The molecule has 1 aromatic heterocycles. The number of aromatic nitrogens is 1. The Labute approximate surface area is 157 Å². The number of amides is 1. The number of hydrogen-bond donors (Lipinski definition) is 1. The molecule has 0 atom stereocenters. The maximum atomic E-state index is 12.0. The molecular formula is C18H15BrN2O3S. The van der Waals surface area contributed by atoms with Gasteiger partial charge in [-0.25, -0.2) is 4.98 Å². The van der Waals surface area contributed by atoms with Crippen molar-refractivity contribution < 1.29 is 14.3 Å². The van der Waals surface area contributed by atoms with Crippen LogP contribution >= 0.6 is 27.3 Å². The molecule has 0 fully saturated rings. The van der Waals surface area contributed by atoms with E-state index < -0.39 is 0 Å². The lowest BCUT2D eigenvalue weighted by Gasteiger charge is -2.05. The summed E-state index contributed by atoms with van der Waals surface area (Å²) in [6.07, 6.45) is 0. The van der Waals surface area contributed by atoms with Crippen molar-refractivity contribution in [2.45, 2.75) is 0 Å². The molecule has 0 saturated carbocycles. The molecule has 1 amide bonds. The van der Waals surface area contributed by atoms with E-state index in [9.17, 15) is 4.79 Å². The number of thiazole rings is 1. The number of halogens is 1. The van der Waals surface area contributed by atoms with Crippen molar-refractivity contribution in [1.29, 1.82) is 0 Å². The lowest BCUT2D eigenvalue weighted by atomic mass is 10.2. The fraction of sp³-hybridized carbons (Fsp3) is 0.111. The number of rotatable bonds is 6. The highest BCUT2D eigenvalue weighted by atomic mass is 79.9. The van der Waals surface area contributed by atoms with Crippen LogP contribution in [0.4, 0.5) is 5.13 Å². The van der Waals surface area contributed by atoms with Gasteiger partial charge >= 0.3 is 0 Å². The molecular weight excluding hydrogens is 404 g/mol. The number of anilines is 1. The molecule has 0 unspecified atom stereocenters. The monoisotopic (exact) mass is 418 g/mol. The molecule has 25 heavy (non-hydrogen) atoms. The maximum absolute atomic E-state index is 12.0. The first-order valence-corrected chi connectivity index (χ1v) is 9.09. The highest BCUT2D eigenvalue weighted by Crippen LogP contribution is 2.26. The second kappa shape index (κ2) is 8.13. The molecule has 3 aromatic rings. The molecule has 0 aliphatic carbocycles. The second-order valence-electron chi connectivity index (χ2n) is 5.06. The molecule has 128 valence electrons. The summed E-state index contributed by atoms with van der Waals surface area (Å²) in [7, 11) is 1.63. The van der Waals surface area contributed by atoms with E-state index in [-0.39, 0.29) is 12.5 Å². The van der Waals surface area contributed by atoms with Crippen molar-refractivity contribution >= 4 is 38.3 Å². The van der Waals surface area contributed by atoms with E-state index in [1.807, 2.05) is 41.8 Å². The minimum Gasteiger partial charge on any atom is -0.497 e. The van der Waals surface area contributed by atoms with Crippen LogP contribution < -0.4 is 14.8 Å². The van der Waals surface area contributed by atoms with Crippen LogP contribution in [-0.4, -0.2) is 24.6 Å². The summed E-state index contributed by atoms with van der Waals surface area (Å²) in [5.41, 5.74) is 1.76. The molecule has 1 heterocycles. The van der Waals surface area contributed by atoms with Gasteiger partial charge < -0.3 is 9.47 Å². The van der Waals surface area contributed by atoms with Crippen LogP contribution in [-0.2, 0) is 4.79 Å². The molecule has 0 radical (unpaired) electrons. The third-order valence-electron chi connectivity index (χ3n) is 3.32. The predicted octanol–water partition coefficient (Wildman–Crippen LogP) is 4.60. The van der Waals surface area contributed by atoms with E-state index in [1.165, 1.54) is 11.3 Å². The molecule has 5 nitrogen and oxygen atoms in total. The number of carbonyl (C=O) groups excluding carboxylic acids is 1. The lowest BCUT2D eigenvalue weighted by Crippen LogP contribution is -2.20. The van der Waals surface area contributed by atoms with Gasteiger partial charge in [-0.1, -0.05) is 15.9 Å². The minimum absolute atomic E-state index is 0.0704. The Hall–Kier alpha value is -2.38. The first-order chi connectivity index (χ1) is 12.1. The zero-order valence-corrected chi connectivity index (χ0v) is 15.8. The SMILES string of the molecule is COc1ccc(-c2csc(NC(=O)COc3ccc(Br)cc3)n2)cc1. The molecule has 0 spiro atoms. The van der Waals surface area contributed by atoms with Gasteiger partial charge in [0.25, 0.3) is 5.91 Å². The van der Waals surface area contributed by atoms with Crippen molar-refractivity contribution in [2.24, 2.45) is 0 Å². The van der Waals surface area contributed by atoms with E-state index in [0.717, 1.165) is 21.5 Å². The summed E-state index contributed by atoms with van der Waals surface area (Å²) < 4.78 is 11.5. The second-order valence-corrected chi connectivity index (χ2v) is 6.83. The van der Waals surface area contributed by atoms with Crippen LogP contribution in [0, 0.1) is 0 Å². The average molecular weight is 419 g/mol. The number of benzene rings is 2. The number of nitrogens with one attached hydrogen (secondary N) is 1. The Bertz CT molecular complexity index is 848. The van der Waals surface area contributed by atoms with Crippen molar-refractivity contribution in [2.75, 3.05) is 19.0 Å². The van der Waals surface area contributed by atoms with Crippen LogP contribution in [0.25, 0.3) is 11.3 Å². The molecule has 3 rings (SSSR count). The molecule has 0 bridgehead atoms. The Balaban J connectivity index is 1.56. The average Bonchev–Trinajstić information content (AvgIpc) is 3.10. The summed E-state index contributed by atoms with van der Waals surface area (Å²) in [4.78, 5) is 16.4. The Morgan fingerprint density at radius 1 is 1.12 bits per heavy atom. The summed E-state index contributed by atoms with van der Waals surface area (Å²) in [6.45, 7) is -0.0704. The number of ether oxygens (including phenoxy) is 2. The van der Waals surface area contributed by atoms with Gasteiger partial charge in [-0.15, -0.1) is 11.3 Å². The van der Waals surface area contributed by atoms with Gasteiger partial charge in [-0.05, 0) is 48.5 Å². The van der Waals surface area contributed by atoms with Crippen molar-refractivity contribution in [1.82, 2.24) is 4.98 Å². The van der Waals surface area contributed by atoms with E-state index in [4.69, 9.17) is 9.47 Å². The number of hydrogen-bond acceptors (Lipinski definition) is 5. The zero-order chi connectivity index (χ0) is 17.6. The van der Waals surface area contributed by atoms with Crippen LogP contribution in [0.5, 0.6) is 11.5 Å². The topological polar surface area (TPSA) is 60.5 Å². The summed E-state index contributed by atoms with van der Waals surface area (Å²) in [5.74, 6) is 1.17. The first-order valence-electron chi connectivity index (χ1n) is 7.42. The van der Waals surface area contributed by atoms with Gasteiger partial charge in [0.1, 0.15) is 11.5 Å². The number of nitrogens with zero attached hydrogens (tertiary/aromatic N) is 1. The Morgan fingerprint density at radius 3 is 2.48 bits per heavy atom. The van der Waals surface area contributed by atoms with E-state index >= 15 is 0 Å². The van der Waals surface area contributed by atoms with Crippen LogP contribution in [0.15, 0.2) is 58.4 Å². The highest BCUT2D eigenvalue weighted by Gasteiger charge is 2.09. The molecule has 0 aliphatic heterocycles. The fourth-order valence-electron chi connectivity index (χ4n) is 2.06. The number of methoxy groups -OCH3 is 1. The summed E-state index contributed by atoms with van der Waals surface area (Å²) in [6, 6.07) is 14.9. The van der Waals surface area contributed by atoms with Crippen LogP contribution in [0.1, 0.15) is 0 Å². The maximum Gasteiger partial charge on any atom is 0.264 e. The largest absolute Gasteiger partial charge is 0.497 e. The lowest BCUT2D eigenvalue weighted by molar-refractivity contribution is -0.118. The van der Waals surface area contributed by atoms with E-state index in [1.54, 1.807) is 19.2 Å². The molecule has 1 N–H and O–H groups in total. The van der Waals surface area contributed by atoms with Gasteiger partial charge in [0, 0.05) is 15.4 Å². The zero-order valence-electron chi connectivity index (χ0n) is 13.4. The molecule has 2 aromatic carbocycles. The van der Waals surface area contributed by atoms with Crippen LogP contribution in [0.3, 0.4) is 0 Å². The van der Waals surface area contributed by atoms with Crippen molar-refractivity contribution in [3.05, 3.63) is 58.4 Å². The van der Waals surface area contributed by atoms with Gasteiger partial charge in [0.15, 0.2) is 11.7 Å². The standard InChI is InChI=1S/C18H15BrN2O3S/c1-23-14-6-2-12(3-7-14)16-11-25-18(20-16)21-17(22)10-24-15-8-4-13(19)5-9-15/h2-9,11H,10H2,1H3,(H,20,21,22). The third-order valence-corrected chi connectivity index (χ3v) is 4.61. The van der Waals surface area contributed by atoms with Gasteiger partial charge in [-0.2, -0.15) is 0 Å². The Kier molecular flexibility index (Phi) is 5.67. The van der Waals surface area contributed by atoms with E-state index in [0.29, 0.717) is 10.9 Å². The fourth-order valence-corrected chi connectivity index (χ4v) is 3.06. The summed E-state index contributed by atoms with van der Waals surface area (Å²) >= 11 is 4.72. The molecule has 0 saturated heterocycles. The number of carbonyl (C=O) groups is 1. The Morgan fingerprint density at radius 2 is 1.80 bits per heavy atom. The predicted molar refractivity (Wildman–Crippen MR) is 102 cm³/mol. The summed E-state index contributed by atoms with van der Waals surface area (Å²) in [5, 5.41) is 5.18. The minimum atomic E-state index is -0.251. The van der Waals surface area contributed by atoms with Gasteiger partial charge in [0.2, 0.25) is 0 Å². The molecule has 0 aliphatic rings. The normalized spacial score (nSPS) is 10.3. The van der Waals surface area contributed by atoms with Crippen LogP contribution in [0.2, 0.25) is 0 Å².